The summed E-state index contributed by atoms with van der Waals surface area (Å²) in [6, 6.07) is 0. The average molecular weight is 86.1 g/mol. The van der Waals surface area contributed by atoms with Crippen molar-refractivity contribution < 1.29 is 5.11 Å². The van der Waals surface area contributed by atoms with Crippen LogP contribution in [0.25, 0.3) is 0 Å². The molecule has 0 saturated carbocycles. The molecule has 0 amide bonds. The molecule has 0 radical (unpaired) electrons. The molecule has 2 nitrogen and oxygen atoms in total. The van der Waals surface area contributed by atoms with Gasteiger partial charge in [0.2, 0.25) is 0 Å². The highest BCUT2D eigenvalue weighted by atomic mass is 16.3. The summed E-state index contributed by atoms with van der Waals surface area (Å²) in [5.41, 5.74) is 0. The zero-order chi connectivity index (χ0) is 4.99. The summed E-state index contributed by atoms with van der Waals surface area (Å²) in [6.45, 7) is 4.90. The summed E-state index contributed by atoms with van der Waals surface area (Å²) in [5.74, 6) is 0.106. The molecule has 0 spiro atoms. The first-order valence-corrected chi connectivity index (χ1v) is 1.82. The quantitative estimate of drug-likeness (QED) is 0.274. The van der Waals surface area contributed by atoms with Crippen LogP contribution in [0.15, 0.2) is 0 Å². The van der Waals surface area contributed by atoms with E-state index in [4.69, 9.17) is 5.11 Å². The first-order valence-electron chi connectivity index (χ1n) is 1.82. The highest BCUT2D eigenvalue weighted by Gasteiger charge is 1.93. The number of hydrogen-bond acceptors (Lipinski definition) is 0. The van der Waals surface area contributed by atoms with Gasteiger partial charge in [0.25, 0.3) is 6.72 Å². The van der Waals surface area contributed by atoms with Gasteiger partial charge in [-0.3, -0.25) is 0 Å². The number of rotatable bonds is 1. The molecule has 0 aliphatic carbocycles. The first kappa shape index (κ1) is 5.25. The summed E-state index contributed by atoms with van der Waals surface area (Å²) in [6.07, 6.45) is 0.573. The Bertz CT molecular complexity index is 81.5. The van der Waals surface area contributed by atoms with Crippen molar-refractivity contribution in [3.05, 3.63) is 0 Å². The Labute approximate surface area is 36.9 Å². The summed E-state index contributed by atoms with van der Waals surface area (Å²) >= 11 is 0. The van der Waals surface area contributed by atoms with Crippen LogP contribution in [0.2, 0.25) is 0 Å². The fourth-order valence-electron chi connectivity index (χ4n) is 0.112. The van der Waals surface area contributed by atoms with E-state index in [0.29, 0.717) is 6.42 Å². The first-order chi connectivity index (χ1) is 2.81. The Hall–Kier alpha value is -0.750. The van der Waals surface area contributed by atoms with Gasteiger partial charge in [-0.15, -0.1) is 0 Å². The van der Waals surface area contributed by atoms with E-state index >= 15 is 0 Å². The van der Waals surface area contributed by atoms with E-state index in [-0.39, 0.29) is 5.90 Å². The molecule has 0 aliphatic heterocycles. The maximum absolute atomic E-state index is 8.35. The van der Waals surface area contributed by atoms with Crippen molar-refractivity contribution in [3.8, 4) is 0 Å². The van der Waals surface area contributed by atoms with Gasteiger partial charge >= 0.3 is 5.90 Å². The largest absolute Gasteiger partial charge is 0.458 e. The van der Waals surface area contributed by atoms with E-state index in [2.05, 4.69) is 11.4 Å². The third-order valence-corrected chi connectivity index (χ3v) is 0.499. The van der Waals surface area contributed by atoms with Crippen molar-refractivity contribution in [3.63, 3.8) is 0 Å². The van der Waals surface area contributed by atoms with Crippen LogP contribution in [-0.4, -0.2) is 17.7 Å². The van der Waals surface area contributed by atoms with Gasteiger partial charge in [0.15, 0.2) is 0 Å². The fourth-order valence-corrected chi connectivity index (χ4v) is 0.112. The SMILES string of the molecule is C=[N+]=C(O)CC. The molecule has 2 heteroatoms. The van der Waals surface area contributed by atoms with Crippen LogP contribution in [-0.2, 0) is 0 Å². The summed E-state index contributed by atoms with van der Waals surface area (Å²) in [4.78, 5) is 0. The second-order valence-corrected chi connectivity index (χ2v) is 0.928. The molecule has 34 valence electrons. The molecule has 0 rings (SSSR count). The molecular formula is C4H8NO+. The van der Waals surface area contributed by atoms with E-state index in [1.54, 1.807) is 0 Å². The van der Waals surface area contributed by atoms with Gasteiger partial charge in [0.05, 0.1) is 6.42 Å². The highest BCUT2D eigenvalue weighted by Crippen LogP contribution is 1.66. The van der Waals surface area contributed by atoms with Crippen molar-refractivity contribution in [2.24, 2.45) is 0 Å². The summed E-state index contributed by atoms with van der Waals surface area (Å²) in [7, 11) is 0. The molecule has 0 fully saturated rings. The van der Waals surface area contributed by atoms with Crippen molar-refractivity contribution >= 4 is 12.6 Å². The lowest BCUT2D eigenvalue weighted by Crippen LogP contribution is -1.94. The third kappa shape index (κ3) is 1.56. The monoisotopic (exact) mass is 86.1 g/mol. The lowest BCUT2D eigenvalue weighted by atomic mass is 10.5. The zero-order valence-electron chi connectivity index (χ0n) is 3.81. The molecular weight excluding hydrogens is 78.0 g/mol. The molecule has 1 N–H and O–H groups in total. The molecule has 0 unspecified atom stereocenters. The Morgan fingerprint density at radius 2 is 2.50 bits per heavy atom. The van der Waals surface area contributed by atoms with E-state index < -0.39 is 0 Å². The van der Waals surface area contributed by atoms with Crippen molar-refractivity contribution in [2.75, 3.05) is 0 Å². The maximum atomic E-state index is 8.35. The summed E-state index contributed by atoms with van der Waals surface area (Å²) in [5, 5.41) is 8.35. The van der Waals surface area contributed by atoms with Crippen LogP contribution in [0.5, 0.6) is 0 Å². The van der Waals surface area contributed by atoms with Crippen LogP contribution < -0.4 is 4.67 Å². The van der Waals surface area contributed by atoms with Gasteiger partial charge in [0, 0.05) is 0 Å². The lowest BCUT2D eigenvalue weighted by Gasteiger charge is -1.65. The molecule has 0 aromatic heterocycles. The van der Waals surface area contributed by atoms with Crippen LogP contribution >= 0.6 is 0 Å². The second-order valence-electron chi connectivity index (χ2n) is 0.928. The van der Waals surface area contributed by atoms with Crippen LogP contribution in [0.3, 0.4) is 0 Å². The van der Waals surface area contributed by atoms with Crippen LogP contribution in [0.4, 0.5) is 0 Å². The number of aliphatic hydroxyl groups is 1. The normalized spacial score (nSPS) is 6.83. The van der Waals surface area contributed by atoms with Gasteiger partial charge < -0.3 is 5.11 Å². The molecule has 0 aromatic carbocycles. The minimum atomic E-state index is 0.106. The number of hydrogen-bond donors (Lipinski definition) is 1. The Morgan fingerprint density at radius 1 is 2.00 bits per heavy atom. The number of aliphatic hydroxyl groups excluding tert-OH is 1. The van der Waals surface area contributed by atoms with Gasteiger partial charge in [-0.1, -0.05) is 11.6 Å². The highest BCUT2D eigenvalue weighted by molar-refractivity contribution is 5.73. The van der Waals surface area contributed by atoms with Crippen molar-refractivity contribution in [1.82, 2.24) is 4.67 Å². The topological polar surface area (TPSA) is 34.3 Å². The predicted octanol–water partition coefficient (Wildman–Crippen LogP) is 0.121. The second kappa shape index (κ2) is 2.49. The van der Waals surface area contributed by atoms with Crippen molar-refractivity contribution in [2.45, 2.75) is 13.3 Å². The molecule has 6 heavy (non-hydrogen) atoms. The van der Waals surface area contributed by atoms with Gasteiger partial charge in [0.1, 0.15) is 0 Å². The maximum Gasteiger partial charge on any atom is 0.458 e. The fraction of sp³-hybridized carbons (Fsp3) is 0.500. The lowest BCUT2D eigenvalue weighted by molar-refractivity contribution is 0.535. The van der Waals surface area contributed by atoms with Gasteiger partial charge in [-0.2, -0.15) is 0 Å². The van der Waals surface area contributed by atoms with E-state index in [0.717, 1.165) is 0 Å². The molecule has 0 bridgehead atoms. The van der Waals surface area contributed by atoms with E-state index in [9.17, 15) is 0 Å². The Morgan fingerprint density at radius 3 is 2.50 bits per heavy atom. The van der Waals surface area contributed by atoms with Gasteiger partial charge in [-0.05, 0) is 0 Å². The Balaban J connectivity index is 3.52. The van der Waals surface area contributed by atoms with Gasteiger partial charge in [-0.25, -0.2) is 0 Å². The average Bonchev–Trinajstić information content (AvgIpc) is 1.65. The standard InChI is InChI=1S/C4H7NO/c1-3-4(6)5-2/h2-3H2,1H3/p+1. The minimum Gasteiger partial charge on any atom is -0.451 e. The predicted molar refractivity (Wildman–Crippen MR) is 27.2 cm³/mol. The molecule has 0 heterocycles. The smallest absolute Gasteiger partial charge is 0.451 e. The molecule has 0 aliphatic rings. The van der Waals surface area contributed by atoms with Crippen LogP contribution in [0, 0.1) is 0 Å². The van der Waals surface area contributed by atoms with E-state index in [1.807, 2.05) is 6.92 Å². The zero-order valence-corrected chi connectivity index (χ0v) is 3.81. The van der Waals surface area contributed by atoms with Crippen LogP contribution in [0.1, 0.15) is 13.3 Å². The molecule has 0 aromatic rings. The third-order valence-electron chi connectivity index (χ3n) is 0.499. The molecule has 0 atom stereocenters. The minimum absolute atomic E-state index is 0.106. The van der Waals surface area contributed by atoms with E-state index in [1.165, 1.54) is 0 Å². The molecule has 0 saturated heterocycles. The Kier molecular flexibility index (Phi) is 2.17. The number of nitrogens with zero attached hydrogens (tertiary/aromatic N) is 1. The summed E-state index contributed by atoms with van der Waals surface area (Å²) < 4.78 is 3.23. The van der Waals surface area contributed by atoms with Crippen molar-refractivity contribution in [1.29, 1.82) is 0 Å².